The van der Waals surface area contributed by atoms with Gasteiger partial charge >= 0.3 is 0 Å². The Morgan fingerprint density at radius 2 is 2.19 bits per heavy atom. The van der Waals surface area contributed by atoms with E-state index in [1.54, 1.807) is 12.4 Å². The summed E-state index contributed by atoms with van der Waals surface area (Å²) in [7, 11) is 0. The molecule has 142 valence electrons. The zero-order valence-electron chi connectivity index (χ0n) is 15.1. The lowest BCUT2D eigenvalue weighted by atomic mass is 9.72. The lowest BCUT2D eigenvalue weighted by molar-refractivity contribution is -0.170. The third-order valence-corrected chi connectivity index (χ3v) is 6.14. The number of piperidine rings is 1. The molecule has 0 spiro atoms. The number of amides is 1. The van der Waals surface area contributed by atoms with E-state index in [1.165, 1.54) is 0 Å². The summed E-state index contributed by atoms with van der Waals surface area (Å²) in [5.74, 6) is -0.00252. The molecule has 3 fully saturated rings. The summed E-state index contributed by atoms with van der Waals surface area (Å²) in [6.45, 7) is 3.29. The molecule has 0 N–H and O–H groups in total. The Balaban J connectivity index is 1.40. The van der Waals surface area contributed by atoms with Gasteiger partial charge in [0.05, 0.1) is 19.3 Å². The number of hydrogen-bond donors (Lipinski definition) is 0. The van der Waals surface area contributed by atoms with E-state index in [2.05, 4.69) is 4.98 Å². The Kier molecular flexibility index (Phi) is 5.23. The van der Waals surface area contributed by atoms with Gasteiger partial charge in [-0.2, -0.15) is 0 Å². The minimum atomic E-state index is -0.794. The van der Waals surface area contributed by atoms with Gasteiger partial charge in [0.2, 0.25) is 5.91 Å². The number of hydrogen-bond acceptors (Lipinski definition) is 4. The predicted molar refractivity (Wildman–Crippen MR) is 94.1 cm³/mol. The van der Waals surface area contributed by atoms with Crippen LogP contribution in [-0.4, -0.2) is 54.4 Å². The van der Waals surface area contributed by atoms with Crippen LogP contribution in [0.25, 0.3) is 0 Å². The van der Waals surface area contributed by atoms with Gasteiger partial charge in [-0.3, -0.25) is 9.78 Å². The Hall–Kier alpha value is -1.53. The molecule has 2 atom stereocenters. The maximum atomic E-state index is 13.2. The number of aromatic nitrogens is 1. The Morgan fingerprint density at radius 3 is 2.96 bits per heavy atom. The van der Waals surface area contributed by atoms with E-state index >= 15 is 0 Å². The number of alkyl halides is 1. The van der Waals surface area contributed by atoms with Crippen LogP contribution in [-0.2, 0) is 20.9 Å². The topological polar surface area (TPSA) is 51.7 Å². The van der Waals surface area contributed by atoms with Crippen molar-refractivity contribution in [1.82, 2.24) is 9.88 Å². The van der Waals surface area contributed by atoms with Gasteiger partial charge in [0.25, 0.3) is 0 Å². The Bertz CT molecular complexity index is 623. The third-order valence-electron chi connectivity index (χ3n) is 6.14. The van der Waals surface area contributed by atoms with Crippen molar-refractivity contribution in [1.29, 1.82) is 0 Å². The predicted octanol–water partition coefficient (Wildman–Crippen LogP) is 2.74. The average Bonchev–Trinajstić information content (AvgIpc) is 2.65. The number of likely N-dealkylation sites (tertiary alicyclic amines) is 1. The van der Waals surface area contributed by atoms with Crippen molar-refractivity contribution in [2.24, 2.45) is 11.3 Å². The molecule has 0 unspecified atom stereocenters. The van der Waals surface area contributed by atoms with Gasteiger partial charge in [-0.1, -0.05) is 0 Å². The third kappa shape index (κ3) is 3.62. The molecule has 3 heterocycles. The lowest BCUT2D eigenvalue weighted by Gasteiger charge is -2.51. The number of rotatable bonds is 5. The fourth-order valence-electron chi connectivity index (χ4n) is 4.55. The van der Waals surface area contributed by atoms with Crippen LogP contribution in [0, 0.1) is 11.3 Å². The summed E-state index contributed by atoms with van der Waals surface area (Å²) < 4.78 is 25.3. The number of pyridine rings is 1. The Labute approximate surface area is 153 Å². The van der Waals surface area contributed by atoms with Crippen LogP contribution in [0.5, 0.6) is 0 Å². The zero-order valence-corrected chi connectivity index (χ0v) is 15.1. The van der Waals surface area contributed by atoms with Gasteiger partial charge in [-0.15, -0.1) is 0 Å². The number of carbonyl (C=O) groups excluding carboxylic acids is 1. The standard InChI is InChI=1S/C20H27FN2O3/c21-17-10-16(11-17)19(24)23-8-4-18-20(13-23,5-1-9-26-18)14-25-12-15-2-6-22-7-3-15/h2-3,6-7,16-18H,1,4-5,8-14H2/t16?,17?,18-,20-/m0/s1. The minimum absolute atomic E-state index is 0.122. The van der Waals surface area contributed by atoms with Crippen molar-refractivity contribution in [3.05, 3.63) is 30.1 Å². The molecule has 1 saturated carbocycles. The van der Waals surface area contributed by atoms with Crippen LogP contribution in [0.1, 0.15) is 37.7 Å². The largest absolute Gasteiger partial charge is 0.377 e. The first-order chi connectivity index (χ1) is 12.7. The molecule has 1 aromatic rings. The van der Waals surface area contributed by atoms with Crippen molar-refractivity contribution in [3.63, 3.8) is 0 Å². The van der Waals surface area contributed by atoms with Gasteiger partial charge < -0.3 is 14.4 Å². The fourth-order valence-corrected chi connectivity index (χ4v) is 4.55. The molecule has 2 saturated heterocycles. The van der Waals surface area contributed by atoms with Crippen molar-refractivity contribution in [3.8, 4) is 0 Å². The number of ether oxygens (including phenoxy) is 2. The van der Waals surface area contributed by atoms with Gasteiger partial charge in [-0.25, -0.2) is 4.39 Å². The SMILES string of the molecule is O=C(C1CC(F)C1)N1CC[C@@H]2OCCC[C@@]2(COCc2ccncc2)C1. The highest BCUT2D eigenvalue weighted by atomic mass is 19.1. The van der Waals surface area contributed by atoms with Crippen LogP contribution >= 0.6 is 0 Å². The average molecular weight is 362 g/mol. The molecule has 1 aromatic heterocycles. The van der Waals surface area contributed by atoms with Crippen LogP contribution in [0.4, 0.5) is 4.39 Å². The molecule has 0 bridgehead atoms. The molecule has 1 aliphatic carbocycles. The minimum Gasteiger partial charge on any atom is -0.377 e. The van der Waals surface area contributed by atoms with E-state index < -0.39 is 6.17 Å². The summed E-state index contributed by atoms with van der Waals surface area (Å²) in [4.78, 5) is 18.7. The lowest BCUT2D eigenvalue weighted by Crippen LogP contribution is -2.59. The highest BCUT2D eigenvalue weighted by molar-refractivity contribution is 5.80. The normalized spacial score (nSPS) is 34.0. The van der Waals surface area contributed by atoms with Gasteiger partial charge in [0.15, 0.2) is 0 Å². The molecule has 0 aromatic carbocycles. The van der Waals surface area contributed by atoms with Crippen LogP contribution in [0.15, 0.2) is 24.5 Å². The van der Waals surface area contributed by atoms with E-state index in [0.717, 1.165) is 31.4 Å². The van der Waals surface area contributed by atoms with Crippen molar-refractivity contribution < 1.29 is 18.7 Å². The van der Waals surface area contributed by atoms with Gasteiger partial charge in [0.1, 0.15) is 6.17 Å². The maximum Gasteiger partial charge on any atom is 0.225 e. The number of halogens is 1. The second-order valence-electron chi connectivity index (χ2n) is 7.99. The summed E-state index contributed by atoms with van der Waals surface area (Å²) >= 11 is 0. The highest BCUT2D eigenvalue weighted by Gasteiger charge is 2.48. The van der Waals surface area contributed by atoms with Crippen LogP contribution in [0.2, 0.25) is 0 Å². The highest BCUT2D eigenvalue weighted by Crippen LogP contribution is 2.42. The molecule has 2 aliphatic heterocycles. The van der Waals surface area contributed by atoms with Gasteiger partial charge in [-0.05, 0) is 49.8 Å². The molecule has 4 rings (SSSR count). The molecule has 5 nitrogen and oxygen atoms in total. The van der Waals surface area contributed by atoms with E-state index in [4.69, 9.17) is 9.47 Å². The Morgan fingerprint density at radius 1 is 1.38 bits per heavy atom. The summed E-state index contributed by atoms with van der Waals surface area (Å²) in [6.07, 6.45) is 6.51. The van der Waals surface area contributed by atoms with Gasteiger partial charge in [0, 0.05) is 43.4 Å². The van der Waals surface area contributed by atoms with E-state index in [9.17, 15) is 9.18 Å². The molecule has 0 radical (unpaired) electrons. The summed E-state index contributed by atoms with van der Waals surface area (Å²) in [6, 6.07) is 3.90. The first-order valence-electron chi connectivity index (χ1n) is 9.67. The van der Waals surface area contributed by atoms with Crippen LogP contribution < -0.4 is 0 Å². The molecule has 1 amide bonds. The maximum absolute atomic E-state index is 13.2. The van der Waals surface area contributed by atoms with Crippen molar-refractivity contribution in [2.75, 3.05) is 26.3 Å². The quantitative estimate of drug-likeness (QED) is 0.808. The summed E-state index contributed by atoms with van der Waals surface area (Å²) in [5.41, 5.74) is 0.954. The number of nitrogens with zero attached hydrogens (tertiary/aromatic N) is 2. The molecule has 3 aliphatic rings. The second kappa shape index (κ2) is 7.61. The van der Waals surface area contributed by atoms with Crippen molar-refractivity contribution in [2.45, 2.75) is 51.0 Å². The monoisotopic (exact) mass is 362 g/mol. The zero-order chi connectivity index (χ0) is 18.0. The molecule has 6 heteroatoms. The van der Waals surface area contributed by atoms with E-state index in [1.807, 2.05) is 17.0 Å². The summed E-state index contributed by atoms with van der Waals surface area (Å²) in [5, 5.41) is 0. The van der Waals surface area contributed by atoms with Crippen LogP contribution in [0.3, 0.4) is 0 Å². The van der Waals surface area contributed by atoms with Crippen molar-refractivity contribution >= 4 is 5.91 Å². The number of fused-ring (bicyclic) bond motifs is 1. The smallest absolute Gasteiger partial charge is 0.225 e. The molecular weight excluding hydrogens is 335 g/mol. The molecule has 26 heavy (non-hydrogen) atoms. The van der Waals surface area contributed by atoms with E-state index in [-0.39, 0.29) is 23.3 Å². The fraction of sp³-hybridized carbons (Fsp3) is 0.700. The first kappa shape index (κ1) is 17.9. The second-order valence-corrected chi connectivity index (χ2v) is 7.99. The molecular formula is C20H27FN2O3. The van der Waals surface area contributed by atoms with E-state index in [0.29, 0.717) is 39.1 Å². The first-order valence-corrected chi connectivity index (χ1v) is 9.67. The number of carbonyl (C=O) groups is 1.